The molecular formula is C31H41N5O2. The SMILES string of the molecule is CC(C)N1CC[C@H](c2ccc(-c3cc4c(N5CCN(C(=O)[C@H]6CC[C@H](O)CC6)CC5)ccnn4c3)cc2)C1. The first-order valence-electron chi connectivity index (χ1n) is 14.5. The van der Waals surface area contributed by atoms with Gasteiger partial charge in [-0.3, -0.25) is 4.79 Å². The third-order valence-electron chi connectivity index (χ3n) is 9.13. The molecule has 2 saturated heterocycles. The minimum Gasteiger partial charge on any atom is -0.393 e. The van der Waals surface area contributed by atoms with Crippen molar-refractivity contribution in [3.63, 3.8) is 0 Å². The highest BCUT2D eigenvalue weighted by Crippen LogP contribution is 2.33. The zero-order chi connectivity index (χ0) is 26.2. The van der Waals surface area contributed by atoms with E-state index in [0.717, 1.165) is 63.9 Å². The summed E-state index contributed by atoms with van der Waals surface area (Å²) in [4.78, 5) is 20.0. The van der Waals surface area contributed by atoms with Gasteiger partial charge >= 0.3 is 0 Å². The van der Waals surface area contributed by atoms with Crippen molar-refractivity contribution in [2.75, 3.05) is 44.2 Å². The lowest BCUT2D eigenvalue weighted by molar-refractivity contribution is -0.137. The van der Waals surface area contributed by atoms with E-state index >= 15 is 0 Å². The minimum absolute atomic E-state index is 0.0833. The molecule has 3 fully saturated rings. The number of anilines is 1. The molecule has 0 spiro atoms. The van der Waals surface area contributed by atoms with Gasteiger partial charge in [-0.25, -0.2) is 4.52 Å². The Hall–Kier alpha value is -2.90. The molecule has 0 radical (unpaired) electrons. The Labute approximate surface area is 226 Å². The van der Waals surface area contributed by atoms with Gasteiger partial charge in [-0.15, -0.1) is 0 Å². The van der Waals surface area contributed by atoms with E-state index in [0.29, 0.717) is 12.0 Å². The number of aromatic nitrogens is 2. The van der Waals surface area contributed by atoms with Crippen molar-refractivity contribution < 1.29 is 9.90 Å². The Bertz CT molecular complexity index is 1250. The van der Waals surface area contributed by atoms with Crippen LogP contribution in [0.25, 0.3) is 16.6 Å². The number of piperazine rings is 1. The third-order valence-corrected chi connectivity index (χ3v) is 9.13. The standard InChI is InChI=1S/C31H41N5O2/c1-22(2)35-14-12-26(20-35)23-3-5-24(6-4-23)27-19-30-29(11-13-32-36(30)21-27)33-15-17-34(18-16-33)31(38)25-7-9-28(37)10-8-25/h3-6,11,13,19,21-22,25-26,28,37H,7-10,12,14-18,20H2,1-2H3/t25-,26-,28-/m0/s1. The van der Waals surface area contributed by atoms with Gasteiger partial charge in [-0.1, -0.05) is 24.3 Å². The summed E-state index contributed by atoms with van der Waals surface area (Å²) in [6.45, 7) is 10.1. The lowest BCUT2D eigenvalue weighted by Crippen LogP contribution is -2.51. The molecular weight excluding hydrogens is 474 g/mol. The van der Waals surface area contributed by atoms with Crippen LogP contribution in [-0.4, -0.2) is 81.8 Å². The number of nitrogens with zero attached hydrogens (tertiary/aromatic N) is 5. The fourth-order valence-electron chi connectivity index (χ4n) is 6.65. The van der Waals surface area contributed by atoms with Crippen LogP contribution in [0.5, 0.6) is 0 Å². The maximum atomic E-state index is 13.0. The van der Waals surface area contributed by atoms with Gasteiger partial charge < -0.3 is 19.8 Å². The van der Waals surface area contributed by atoms with E-state index in [4.69, 9.17) is 0 Å². The molecule has 0 unspecified atom stereocenters. The molecule has 1 aromatic carbocycles. The van der Waals surface area contributed by atoms with E-state index < -0.39 is 0 Å². The molecule has 0 bridgehead atoms. The first-order valence-corrected chi connectivity index (χ1v) is 14.5. The maximum Gasteiger partial charge on any atom is 0.225 e. The highest BCUT2D eigenvalue weighted by molar-refractivity contribution is 5.81. The average molecular weight is 516 g/mol. The van der Waals surface area contributed by atoms with Crippen molar-refractivity contribution in [1.82, 2.24) is 19.4 Å². The predicted molar refractivity (Wildman–Crippen MR) is 151 cm³/mol. The average Bonchev–Trinajstić information content (AvgIpc) is 3.61. The van der Waals surface area contributed by atoms with Gasteiger partial charge in [0.05, 0.1) is 17.3 Å². The topological polar surface area (TPSA) is 64.3 Å². The summed E-state index contributed by atoms with van der Waals surface area (Å²) >= 11 is 0. The molecule has 7 nitrogen and oxygen atoms in total. The van der Waals surface area contributed by atoms with Gasteiger partial charge in [-0.05, 0) is 81.7 Å². The van der Waals surface area contributed by atoms with Crippen LogP contribution < -0.4 is 4.90 Å². The Morgan fingerprint density at radius 1 is 0.921 bits per heavy atom. The molecule has 7 heteroatoms. The number of hydrogen-bond donors (Lipinski definition) is 1. The van der Waals surface area contributed by atoms with Crippen molar-refractivity contribution in [1.29, 1.82) is 0 Å². The van der Waals surface area contributed by atoms with Gasteiger partial charge in [0.25, 0.3) is 0 Å². The number of fused-ring (bicyclic) bond motifs is 1. The van der Waals surface area contributed by atoms with Crippen LogP contribution in [0.2, 0.25) is 0 Å². The molecule has 1 atom stereocenters. The zero-order valence-electron chi connectivity index (χ0n) is 22.8. The van der Waals surface area contributed by atoms with Crippen LogP contribution in [0.3, 0.4) is 0 Å². The van der Waals surface area contributed by atoms with Crippen molar-refractivity contribution in [2.45, 2.75) is 64.0 Å². The van der Waals surface area contributed by atoms with E-state index in [1.54, 1.807) is 0 Å². The van der Waals surface area contributed by atoms with Gasteiger partial charge in [-0.2, -0.15) is 5.10 Å². The van der Waals surface area contributed by atoms with Gasteiger partial charge in [0.2, 0.25) is 5.91 Å². The number of carbonyl (C=O) groups is 1. The molecule has 1 amide bonds. The van der Waals surface area contributed by atoms with Crippen LogP contribution in [0.15, 0.2) is 48.8 Å². The second-order valence-electron chi connectivity index (χ2n) is 11.8. The smallest absolute Gasteiger partial charge is 0.225 e. The first-order chi connectivity index (χ1) is 18.5. The summed E-state index contributed by atoms with van der Waals surface area (Å²) in [6, 6.07) is 14.1. The predicted octanol–water partition coefficient (Wildman–Crippen LogP) is 4.40. The van der Waals surface area contributed by atoms with E-state index in [2.05, 4.69) is 71.3 Å². The molecule has 3 aromatic rings. The number of rotatable bonds is 5. The Morgan fingerprint density at radius 2 is 1.66 bits per heavy atom. The largest absolute Gasteiger partial charge is 0.393 e. The molecule has 1 saturated carbocycles. The van der Waals surface area contributed by atoms with Crippen LogP contribution >= 0.6 is 0 Å². The van der Waals surface area contributed by atoms with Crippen LogP contribution in [0.1, 0.15) is 57.4 Å². The number of hydrogen-bond acceptors (Lipinski definition) is 5. The van der Waals surface area contributed by atoms with Crippen molar-refractivity contribution >= 4 is 17.1 Å². The molecule has 4 heterocycles. The number of carbonyl (C=O) groups excluding carboxylic acids is 1. The molecule has 1 aliphatic carbocycles. The Kier molecular flexibility index (Phi) is 7.14. The zero-order valence-corrected chi connectivity index (χ0v) is 22.8. The number of amides is 1. The summed E-state index contributed by atoms with van der Waals surface area (Å²) in [6.07, 6.45) is 8.15. The van der Waals surface area contributed by atoms with Crippen molar-refractivity contribution in [2.24, 2.45) is 5.92 Å². The van der Waals surface area contributed by atoms with Crippen molar-refractivity contribution in [3.8, 4) is 11.1 Å². The minimum atomic E-state index is -0.224. The molecule has 38 heavy (non-hydrogen) atoms. The second kappa shape index (κ2) is 10.7. The molecule has 6 rings (SSSR count). The second-order valence-corrected chi connectivity index (χ2v) is 11.8. The van der Waals surface area contributed by atoms with Crippen LogP contribution in [0, 0.1) is 5.92 Å². The van der Waals surface area contributed by atoms with E-state index in [9.17, 15) is 9.90 Å². The van der Waals surface area contributed by atoms with E-state index in [-0.39, 0.29) is 17.9 Å². The number of benzene rings is 1. The summed E-state index contributed by atoms with van der Waals surface area (Å²) in [5, 5.41) is 14.4. The highest BCUT2D eigenvalue weighted by atomic mass is 16.3. The summed E-state index contributed by atoms with van der Waals surface area (Å²) in [7, 11) is 0. The Morgan fingerprint density at radius 3 is 2.34 bits per heavy atom. The molecule has 1 N–H and O–H groups in total. The van der Waals surface area contributed by atoms with E-state index in [1.165, 1.54) is 35.3 Å². The summed E-state index contributed by atoms with van der Waals surface area (Å²) < 4.78 is 1.99. The number of aliphatic hydroxyl groups excluding tert-OH is 1. The molecule has 3 aliphatic rings. The molecule has 202 valence electrons. The number of likely N-dealkylation sites (tertiary alicyclic amines) is 1. The fourth-order valence-corrected chi connectivity index (χ4v) is 6.65. The quantitative estimate of drug-likeness (QED) is 0.546. The van der Waals surface area contributed by atoms with Gasteiger partial charge in [0.1, 0.15) is 0 Å². The monoisotopic (exact) mass is 515 g/mol. The van der Waals surface area contributed by atoms with Crippen LogP contribution in [0.4, 0.5) is 5.69 Å². The third kappa shape index (κ3) is 5.06. The van der Waals surface area contributed by atoms with Crippen LogP contribution in [-0.2, 0) is 4.79 Å². The normalized spacial score (nSPS) is 25.0. The highest BCUT2D eigenvalue weighted by Gasteiger charge is 2.31. The molecule has 2 aromatic heterocycles. The molecule has 2 aliphatic heterocycles. The first kappa shape index (κ1) is 25.4. The number of aliphatic hydroxyl groups is 1. The van der Waals surface area contributed by atoms with Crippen molar-refractivity contribution in [3.05, 3.63) is 54.4 Å². The summed E-state index contributed by atoms with van der Waals surface area (Å²) in [5.41, 5.74) is 6.12. The maximum absolute atomic E-state index is 13.0. The summed E-state index contributed by atoms with van der Waals surface area (Å²) in [5.74, 6) is 0.988. The lowest BCUT2D eigenvalue weighted by atomic mass is 9.86. The lowest BCUT2D eigenvalue weighted by Gasteiger charge is -2.38. The fraction of sp³-hybridized carbons (Fsp3) is 0.548. The van der Waals surface area contributed by atoms with Gasteiger partial charge in [0, 0.05) is 62.6 Å². The van der Waals surface area contributed by atoms with Gasteiger partial charge in [0.15, 0.2) is 0 Å². The van der Waals surface area contributed by atoms with E-state index in [1.807, 2.05) is 15.6 Å². The Balaban J connectivity index is 1.13.